The maximum atomic E-state index is 11.8. The van der Waals surface area contributed by atoms with Crippen molar-refractivity contribution >= 4 is 11.7 Å². The van der Waals surface area contributed by atoms with Crippen LogP contribution in [0.1, 0.15) is 18.5 Å². The van der Waals surface area contributed by atoms with Gasteiger partial charge >= 0.3 is 6.03 Å². The van der Waals surface area contributed by atoms with E-state index in [2.05, 4.69) is 15.4 Å². The second kappa shape index (κ2) is 8.44. The summed E-state index contributed by atoms with van der Waals surface area (Å²) in [4.78, 5) is 11.5. The molecule has 1 atom stereocenters. The highest BCUT2D eigenvalue weighted by Crippen LogP contribution is 2.15. The maximum Gasteiger partial charge on any atom is 0.319 e. The summed E-state index contributed by atoms with van der Waals surface area (Å²) < 4.78 is 28.2. The topological polar surface area (TPSA) is 76.4 Å². The van der Waals surface area contributed by atoms with Gasteiger partial charge in [0.25, 0.3) is 6.43 Å². The number of nitrogens with one attached hydrogen (secondary N) is 2. The Hall–Kier alpha value is -1.73. The van der Waals surface area contributed by atoms with Crippen LogP contribution >= 0.6 is 0 Å². The van der Waals surface area contributed by atoms with Gasteiger partial charge in [-0.25, -0.2) is 13.6 Å². The number of nitrogens with two attached hydrogens (primary N) is 1. The van der Waals surface area contributed by atoms with Gasteiger partial charge in [-0.2, -0.15) is 0 Å². The smallest absolute Gasteiger partial charge is 0.319 e. The summed E-state index contributed by atoms with van der Waals surface area (Å²) in [5, 5.41) is 5.13. The molecule has 0 fully saturated rings. The molecule has 0 bridgehead atoms. The Morgan fingerprint density at radius 3 is 2.85 bits per heavy atom. The maximum absolute atomic E-state index is 11.8. The molecular formula is C13H19F2N3O2. The summed E-state index contributed by atoms with van der Waals surface area (Å²) in [7, 11) is 0. The van der Waals surface area contributed by atoms with Gasteiger partial charge < -0.3 is 21.1 Å². The normalized spacial score (nSPS) is 12.2. The van der Waals surface area contributed by atoms with Crippen molar-refractivity contribution in [3.05, 3.63) is 29.8 Å². The van der Waals surface area contributed by atoms with Gasteiger partial charge in [0.2, 0.25) is 0 Å². The molecule has 0 spiro atoms. The first-order valence-corrected chi connectivity index (χ1v) is 6.25. The number of hydrogen-bond acceptors (Lipinski definition) is 3. The summed E-state index contributed by atoms with van der Waals surface area (Å²) in [6.07, 6.45) is -2.50. The van der Waals surface area contributed by atoms with Crippen molar-refractivity contribution in [3.8, 4) is 0 Å². The molecule has 0 aliphatic carbocycles. The molecule has 1 rings (SSSR count). The van der Waals surface area contributed by atoms with E-state index in [0.717, 1.165) is 5.56 Å². The number of anilines is 1. The Morgan fingerprint density at radius 1 is 1.45 bits per heavy atom. The van der Waals surface area contributed by atoms with Gasteiger partial charge in [-0.05, 0) is 24.6 Å². The number of amides is 2. The van der Waals surface area contributed by atoms with Crippen LogP contribution in [0.2, 0.25) is 0 Å². The van der Waals surface area contributed by atoms with E-state index < -0.39 is 19.1 Å². The van der Waals surface area contributed by atoms with Crippen molar-refractivity contribution in [2.45, 2.75) is 19.4 Å². The van der Waals surface area contributed by atoms with Gasteiger partial charge in [-0.15, -0.1) is 0 Å². The fourth-order valence-electron chi connectivity index (χ4n) is 1.48. The largest absolute Gasteiger partial charge is 0.374 e. The van der Waals surface area contributed by atoms with Crippen LogP contribution in [-0.2, 0) is 4.74 Å². The van der Waals surface area contributed by atoms with Crippen molar-refractivity contribution in [2.75, 3.05) is 25.1 Å². The highest BCUT2D eigenvalue weighted by Gasteiger charge is 2.05. The highest BCUT2D eigenvalue weighted by atomic mass is 19.3. The second-order valence-electron chi connectivity index (χ2n) is 4.26. The van der Waals surface area contributed by atoms with Gasteiger partial charge in [-0.1, -0.05) is 12.1 Å². The lowest BCUT2D eigenvalue weighted by Crippen LogP contribution is -2.32. The van der Waals surface area contributed by atoms with E-state index in [1.54, 1.807) is 18.2 Å². The zero-order chi connectivity index (χ0) is 15.0. The highest BCUT2D eigenvalue weighted by molar-refractivity contribution is 5.89. The van der Waals surface area contributed by atoms with Crippen LogP contribution < -0.4 is 16.4 Å². The number of hydrogen-bond donors (Lipinski definition) is 3. The van der Waals surface area contributed by atoms with Crippen molar-refractivity contribution in [1.29, 1.82) is 0 Å². The number of carbonyl (C=O) groups excluding carboxylic acids is 1. The summed E-state index contributed by atoms with van der Waals surface area (Å²) in [5.74, 6) is 0. The SMILES string of the molecule is CC(N)c1cccc(NC(=O)NCCOCC(F)F)c1. The Labute approximate surface area is 116 Å². The van der Waals surface area contributed by atoms with Crippen LogP contribution in [0, 0.1) is 0 Å². The standard InChI is InChI=1S/C13H19F2N3O2/c1-9(16)10-3-2-4-11(7-10)18-13(19)17-5-6-20-8-12(14)15/h2-4,7,9,12H,5-6,8,16H2,1H3,(H2,17,18,19). The zero-order valence-electron chi connectivity index (χ0n) is 11.2. The average Bonchev–Trinajstić information content (AvgIpc) is 2.38. The third kappa shape index (κ3) is 6.44. The molecule has 20 heavy (non-hydrogen) atoms. The zero-order valence-corrected chi connectivity index (χ0v) is 11.2. The number of benzene rings is 1. The monoisotopic (exact) mass is 287 g/mol. The summed E-state index contributed by atoms with van der Waals surface area (Å²) >= 11 is 0. The van der Waals surface area contributed by atoms with Crippen molar-refractivity contribution in [3.63, 3.8) is 0 Å². The first-order valence-electron chi connectivity index (χ1n) is 6.25. The van der Waals surface area contributed by atoms with Crippen LogP contribution in [0.25, 0.3) is 0 Å². The van der Waals surface area contributed by atoms with Crippen molar-refractivity contribution < 1.29 is 18.3 Å². The fraction of sp³-hybridized carbons (Fsp3) is 0.462. The van der Waals surface area contributed by atoms with Crippen molar-refractivity contribution in [1.82, 2.24) is 5.32 Å². The van der Waals surface area contributed by atoms with E-state index >= 15 is 0 Å². The molecule has 0 radical (unpaired) electrons. The number of urea groups is 1. The molecule has 7 heteroatoms. The van der Waals surface area contributed by atoms with Crippen LogP contribution in [0.15, 0.2) is 24.3 Å². The van der Waals surface area contributed by atoms with Crippen LogP contribution in [0.5, 0.6) is 0 Å². The summed E-state index contributed by atoms with van der Waals surface area (Å²) in [6.45, 7) is 1.42. The molecule has 0 saturated heterocycles. The quantitative estimate of drug-likeness (QED) is 0.672. The van der Waals surface area contributed by atoms with E-state index in [4.69, 9.17) is 5.73 Å². The number of alkyl halides is 2. The lowest BCUT2D eigenvalue weighted by atomic mass is 10.1. The minimum absolute atomic E-state index is 0.0393. The summed E-state index contributed by atoms with van der Waals surface area (Å²) in [6, 6.07) is 6.62. The number of rotatable bonds is 7. The van der Waals surface area contributed by atoms with E-state index in [0.29, 0.717) is 5.69 Å². The Balaban J connectivity index is 2.30. The molecule has 0 aliphatic rings. The lowest BCUT2D eigenvalue weighted by Gasteiger charge is -2.10. The predicted molar refractivity (Wildman–Crippen MR) is 72.9 cm³/mol. The molecule has 1 aromatic carbocycles. The number of carbonyl (C=O) groups is 1. The molecule has 1 unspecified atom stereocenters. The van der Waals surface area contributed by atoms with Gasteiger partial charge in [0.1, 0.15) is 6.61 Å². The van der Waals surface area contributed by atoms with Gasteiger partial charge in [0.05, 0.1) is 6.61 Å². The third-order valence-corrected chi connectivity index (χ3v) is 2.45. The van der Waals surface area contributed by atoms with E-state index in [9.17, 15) is 13.6 Å². The average molecular weight is 287 g/mol. The number of halogens is 2. The third-order valence-electron chi connectivity index (χ3n) is 2.45. The second-order valence-corrected chi connectivity index (χ2v) is 4.26. The van der Waals surface area contributed by atoms with Crippen LogP contribution in [0.4, 0.5) is 19.3 Å². The molecule has 4 N–H and O–H groups in total. The molecule has 0 heterocycles. The summed E-state index contributed by atoms with van der Waals surface area (Å²) in [5.41, 5.74) is 7.27. The first kappa shape index (κ1) is 16.3. The molecule has 112 valence electrons. The van der Waals surface area contributed by atoms with Crippen molar-refractivity contribution in [2.24, 2.45) is 5.73 Å². The molecular weight excluding hydrogens is 268 g/mol. The van der Waals surface area contributed by atoms with Gasteiger partial charge in [0.15, 0.2) is 0 Å². The first-order chi connectivity index (χ1) is 9.49. The molecule has 5 nitrogen and oxygen atoms in total. The van der Waals surface area contributed by atoms with Gasteiger partial charge in [0, 0.05) is 18.3 Å². The van der Waals surface area contributed by atoms with E-state index in [1.807, 2.05) is 13.0 Å². The Kier molecular flexibility index (Phi) is 6.89. The predicted octanol–water partition coefficient (Wildman–Crippen LogP) is 2.11. The minimum atomic E-state index is -2.50. The van der Waals surface area contributed by atoms with Crippen LogP contribution in [0.3, 0.4) is 0 Å². The number of ether oxygens (including phenoxy) is 1. The molecule has 0 aliphatic heterocycles. The Morgan fingerprint density at radius 2 is 2.20 bits per heavy atom. The molecule has 0 saturated carbocycles. The van der Waals surface area contributed by atoms with E-state index in [-0.39, 0.29) is 19.2 Å². The molecule has 2 amide bonds. The lowest BCUT2D eigenvalue weighted by molar-refractivity contribution is 0.0194. The molecule has 0 aromatic heterocycles. The van der Waals surface area contributed by atoms with Crippen LogP contribution in [-0.4, -0.2) is 32.2 Å². The Bertz CT molecular complexity index is 428. The molecule has 1 aromatic rings. The fourth-order valence-corrected chi connectivity index (χ4v) is 1.48. The van der Waals surface area contributed by atoms with E-state index in [1.165, 1.54) is 0 Å². The minimum Gasteiger partial charge on any atom is -0.374 e. The van der Waals surface area contributed by atoms with Gasteiger partial charge in [-0.3, -0.25) is 0 Å².